The Balaban J connectivity index is 2.39. The van der Waals surface area contributed by atoms with Crippen molar-refractivity contribution in [1.29, 1.82) is 0 Å². The molecule has 0 aromatic heterocycles. The van der Waals surface area contributed by atoms with Crippen molar-refractivity contribution in [3.8, 4) is 0 Å². The van der Waals surface area contributed by atoms with Crippen molar-refractivity contribution in [3.63, 3.8) is 0 Å². The van der Waals surface area contributed by atoms with E-state index in [9.17, 15) is 9.59 Å². The minimum absolute atomic E-state index is 0.0532. The SMILES string of the molecule is C[C@H](N)C(=O)N1CC[C@@H](NC(=O)OC(C)(C)C)C1. The zero-order valence-corrected chi connectivity index (χ0v) is 11.5. The van der Waals surface area contributed by atoms with Crippen LogP contribution in [0.5, 0.6) is 0 Å². The van der Waals surface area contributed by atoms with Gasteiger partial charge in [-0.25, -0.2) is 4.79 Å². The van der Waals surface area contributed by atoms with E-state index in [1.807, 2.05) is 20.8 Å². The van der Waals surface area contributed by atoms with Crippen molar-refractivity contribution < 1.29 is 14.3 Å². The van der Waals surface area contributed by atoms with Crippen molar-refractivity contribution in [2.45, 2.75) is 51.8 Å². The molecule has 0 radical (unpaired) electrons. The number of hydrogen-bond acceptors (Lipinski definition) is 4. The quantitative estimate of drug-likeness (QED) is 0.752. The predicted octanol–water partition coefficient (Wildman–Crippen LogP) is 0.459. The van der Waals surface area contributed by atoms with E-state index >= 15 is 0 Å². The van der Waals surface area contributed by atoms with Crippen LogP contribution in [0.25, 0.3) is 0 Å². The molecule has 0 saturated carbocycles. The van der Waals surface area contributed by atoms with E-state index in [1.165, 1.54) is 0 Å². The van der Waals surface area contributed by atoms with E-state index in [0.29, 0.717) is 13.1 Å². The van der Waals surface area contributed by atoms with Crippen molar-refractivity contribution in [2.75, 3.05) is 13.1 Å². The summed E-state index contributed by atoms with van der Waals surface area (Å²) < 4.78 is 5.16. The largest absolute Gasteiger partial charge is 0.444 e. The van der Waals surface area contributed by atoms with E-state index < -0.39 is 17.7 Å². The Kier molecular flexibility index (Phi) is 4.56. The van der Waals surface area contributed by atoms with Crippen molar-refractivity contribution in [1.82, 2.24) is 10.2 Å². The van der Waals surface area contributed by atoms with Crippen molar-refractivity contribution >= 4 is 12.0 Å². The summed E-state index contributed by atoms with van der Waals surface area (Å²) in [5.41, 5.74) is 5.03. The molecule has 1 fully saturated rings. The van der Waals surface area contributed by atoms with Crippen LogP contribution in [-0.4, -0.2) is 47.7 Å². The smallest absolute Gasteiger partial charge is 0.407 e. The molecule has 1 rings (SSSR count). The maximum atomic E-state index is 11.7. The molecule has 2 atom stereocenters. The summed E-state index contributed by atoms with van der Waals surface area (Å²) in [6.07, 6.45) is 0.292. The monoisotopic (exact) mass is 257 g/mol. The van der Waals surface area contributed by atoms with Gasteiger partial charge in [0.15, 0.2) is 0 Å². The van der Waals surface area contributed by atoms with Gasteiger partial charge >= 0.3 is 6.09 Å². The van der Waals surface area contributed by atoms with E-state index in [-0.39, 0.29) is 11.9 Å². The molecule has 0 unspecified atom stereocenters. The summed E-state index contributed by atoms with van der Waals surface area (Å²) in [7, 11) is 0. The minimum Gasteiger partial charge on any atom is -0.444 e. The number of nitrogens with two attached hydrogens (primary N) is 1. The number of hydrogen-bond donors (Lipinski definition) is 2. The molecule has 3 N–H and O–H groups in total. The van der Waals surface area contributed by atoms with Crippen LogP contribution in [0.15, 0.2) is 0 Å². The summed E-state index contributed by atoms with van der Waals surface area (Å²) in [4.78, 5) is 24.9. The molecule has 18 heavy (non-hydrogen) atoms. The number of nitrogens with one attached hydrogen (secondary N) is 1. The van der Waals surface area contributed by atoms with Gasteiger partial charge in [0.05, 0.1) is 12.1 Å². The number of carbonyl (C=O) groups is 2. The molecule has 0 spiro atoms. The normalized spacial score (nSPS) is 21.6. The number of ether oxygens (including phenoxy) is 1. The molecular weight excluding hydrogens is 234 g/mol. The fraction of sp³-hybridized carbons (Fsp3) is 0.833. The highest BCUT2D eigenvalue weighted by Crippen LogP contribution is 2.12. The van der Waals surface area contributed by atoms with Crippen LogP contribution in [-0.2, 0) is 9.53 Å². The third kappa shape index (κ3) is 4.52. The number of amides is 2. The summed E-state index contributed by atoms with van der Waals surface area (Å²) in [5, 5.41) is 2.76. The molecule has 0 bridgehead atoms. The van der Waals surface area contributed by atoms with E-state index in [4.69, 9.17) is 10.5 Å². The first-order valence-corrected chi connectivity index (χ1v) is 6.23. The first kappa shape index (κ1) is 14.8. The van der Waals surface area contributed by atoms with Crippen LogP contribution in [0, 0.1) is 0 Å². The highest BCUT2D eigenvalue weighted by Gasteiger charge is 2.29. The second-order valence-electron chi connectivity index (χ2n) is 5.70. The van der Waals surface area contributed by atoms with Gasteiger partial charge in [-0.15, -0.1) is 0 Å². The molecule has 0 aliphatic carbocycles. The number of rotatable bonds is 2. The molecule has 6 nitrogen and oxygen atoms in total. The lowest BCUT2D eigenvalue weighted by Gasteiger charge is -2.22. The maximum Gasteiger partial charge on any atom is 0.407 e. The van der Waals surface area contributed by atoms with E-state index in [0.717, 1.165) is 6.42 Å². The zero-order chi connectivity index (χ0) is 13.9. The van der Waals surface area contributed by atoms with Gasteiger partial charge in [-0.3, -0.25) is 4.79 Å². The number of carbonyl (C=O) groups excluding carboxylic acids is 2. The summed E-state index contributed by atoms with van der Waals surface area (Å²) >= 11 is 0. The summed E-state index contributed by atoms with van der Waals surface area (Å²) in [5.74, 6) is -0.0801. The van der Waals surface area contributed by atoms with Gasteiger partial charge in [0.25, 0.3) is 0 Å². The van der Waals surface area contributed by atoms with E-state index in [2.05, 4.69) is 5.32 Å². The van der Waals surface area contributed by atoms with Crippen LogP contribution in [0.3, 0.4) is 0 Å². The van der Waals surface area contributed by atoms with Gasteiger partial charge in [0, 0.05) is 13.1 Å². The first-order chi connectivity index (χ1) is 8.19. The zero-order valence-electron chi connectivity index (χ0n) is 11.5. The van der Waals surface area contributed by atoms with Crippen LogP contribution in [0.2, 0.25) is 0 Å². The van der Waals surface area contributed by atoms with Gasteiger partial charge in [0.1, 0.15) is 5.60 Å². The molecule has 1 saturated heterocycles. The van der Waals surface area contributed by atoms with Gasteiger partial charge < -0.3 is 20.7 Å². The fourth-order valence-corrected chi connectivity index (χ4v) is 1.84. The summed E-state index contributed by atoms with van der Waals surface area (Å²) in [6, 6.07) is -0.548. The van der Waals surface area contributed by atoms with Crippen LogP contribution in [0.4, 0.5) is 4.79 Å². The third-order valence-corrected chi connectivity index (χ3v) is 2.61. The molecule has 6 heteroatoms. The Morgan fingerprint density at radius 2 is 2.06 bits per heavy atom. The Hall–Kier alpha value is -1.30. The maximum absolute atomic E-state index is 11.7. The third-order valence-electron chi connectivity index (χ3n) is 2.61. The molecule has 1 heterocycles. The number of alkyl carbamates (subject to hydrolysis) is 1. The Labute approximate surface area is 108 Å². The lowest BCUT2D eigenvalue weighted by atomic mass is 10.2. The molecule has 0 aromatic rings. The first-order valence-electron chi connectivity index (χ1n) is 6.23. The molecule has 1 aliphatic heterocycles. The van der Waals surface area contributed by atoms with Gasteiger partial charge in [0.2, 0.25) is 5.91 Å². The fourth-order valence-electron chi connectivity index (χ4n) is 1.84. The summed E-state index contributed by atoms with van der Waals surface area (Å²) in [6.45, 7) is 8.23. The minimum atomic E-state index is -0.510. The highest BCUT2D eigenvalue weighted by molar-refractivity contribution is 5.81. The molecule has 104 valence electrons. The van der Waals surface area contributed by atoms with E-state index in [1.54, 1.807) is 11.8 Å². The van der Waals surface area contributed by atoms with Gasteiger partial charge in [-0.2, -0.15) is 0 Å². The molecular formula is C12H23N3O3. The second kappa shape index (κ2) is 5.56. The standard InChI is InChI=1S/C12H23N3O3/c1-8(13)10(16)15-6-5-9(7-15)14-11(17)18-12(2,3)4/h8-9H,5-7,13H2,1-4H3,(H,14,17)/t8-,9+/m0/s1. The Morgan fingerprint density at radius 1 is 1.44 bits per heavy atom. The highest BCUT2D eigenvalue weighted by atomic mass is 16.6. The average Bonchev–Trinajstić information content (AvgIpc) is 2.61. The van der Waals surface area contributed by atoms with Gasteiger partial charge in [-0.1, -0.05) is 0 Å². The van der Waals surface area contributed by atoms with Crippen LogP contribution in [0.1, 0.15) is 34.1 Å². The number of nitrogens with zero attached hydrogens (tertiary/aromatic N) is 1. The van der Waals surface area contributed by atoms with Crippen molar-refractivity contribution in [3.05, 3.63) is 0 Å². The Bertz CT molecular complexity index is 323. The van der Waals surface area contributed by atoms with Crippen molar-refractivity contribution in [2.24, 2.45) is 5.73 Å². The number of likely N-dealkylation sites (tertiary alicyclic amines) is 1. The molecule has 1 aliphatic rings. The van der Waals surface area contributed by atoms with Crippen LogP contribution >= 0.6 is 0 Å². The second-order valence-corrected chi connectivity index (χ2v) is 5.70. The van der Waals surface area contributed by atoms with Crippen LogP contribution < -0.4 is 11.1 Å². The average molecular weight is 257 g/mol. The van der Waals surface area contributed by atoms with Gasteiger partial charge in [-0.05, 0) is 34.1 Å². The molecule has 2 amide bonds. The predicted molar refractivity (Wildman–Crippen MR) is 68.0 cm³/mol. The lowest BCUT2D eigenvalue weighted by Crippen LogP contribution is -2.44. The topological polar surface area (TPSA) is 84.7 Å². The Morgan fingerprint density at radius 3 is 2.56 bits per heavy atom. The molecule has 0 aromatic carbocycles. The lowest BCUT2D eigenvalue weighted by molar-refractivity contribution is -0.131.